The zero-order valence-corrected chi connectivity index (χ0v) is 27.0. The molecule has 7 rings (SSSR count). The minimum Gasteiger partial charge on any atom is -0.480 e. The third-order valence-electron chi connectivity index (χ3n) is 9.32. The summed E-state index contributed by atoms with van der Waals surface area (Å²) in [5.41, 5.74) is 5.01. The predicted molar refractivity (Wildman–Crippen MR) is 194 cm³/mol. The smallest absolute Gasteiger partial charge is 0.321 e. The molecule has 49 heavy (non-hydrogen) atoms. The fourth-order valence-electron chi connectivity index (χ4n) is 7.12. The number of nitrogens with zero attached hydrogens (tertiary/aromatic N) is 2. The van der Waals surface area contributed by atoms with E-state index in [2.05, 4.69) is 119 Å². The lowest BCUT2D eigenvalue weighted by Gasteiger charge is -2.39. The van der Waals surface area contributed by atoms with Gasteiger partial charge in [0.1, 0.15) is 11.6 Å². The molecule has 0 bridgehead atoms. The van der Waals surface area contributed by atoms with Crippen molar-refractivity contribution < 1.29 is 9.90 Å². The van der Waals surface area contributed by atoms with Gasteiger partial charge in [-0.3, -0.25) is 10.1 Å². The van der Waals surface area contributed by atoms with Gasteiger partial charge in [0.15, 0.2) is 0 Å². The van der Waals surface area contributed by atoms with E-state index in [0.29, 0.717) is 5.69 Å². The highest BCUT2D eigenvalue weighted by molar-refractivity contribution is 5.74. The topological polar surface area (TPSA) is 67.1 Å². The average molecular weight is 640 g/mol. The van der Waals surface area contributed by atoms with E-state index < -0.39 is 23.1 Å². The van der Waals surface area contributed by atoms with Crippen LogP contribution in [0, 0.1) is 0 Å². The van der Waals surface area contributed by atoms with Crippen LogP contribution in [0.25, 0.3) is 0 Å². The summed E-state index contributed by atoms with van der Waals surface area (Å²) < 4.78 is 2.13. The van der Waals surface area contributed by atoms with Crippen molar-refractivity contribution >= 4 is 5.97 Å². The fourth-order valence-corrected chi connectivity index (χ4v) is 7.12. The standard InChI is InChI=1S/C44H37N3O2/c48-42(49)41(46-43(34-19-7-1-8-20-34,35-21-9-2-10-22-35)36-23-11-3-12-24-36)31-40-32-47(33-45-40)44(37-25-13-4-14-26-37,38-27-15-5-16-28-38)39-29-17-6-18-30-39/h1-30,32-33,41,46H,31H2,(H,48,49)/t41-/m0/s1. The molecule has 7 aromatic rings. The highest BCUT2D eigenvalue weighted by atomic mass is 16.4. The zero-order chi connectivity index (χ0) is 33.5. The lowest BCUT2D eigenvalue weighted by molar-refractivity contribution is -0.139. The Labute approximate surface area is 287 Å². The molecular weight excluding hydrogens is 603 g/mol. The number of carboxylic acid groups (broad SMARTS) is 1. The third-order valence-corrected chi connectivity index (χ3v) is 9.32. The largest absolute Gasteiger partial charge is 0.480 e. The Kier molecular flexibility index (Phi) is 9.00. The molecular formula is C44H37N3O2. The molecule has 5 heteroatoms. The average Bonchev–Trinajstić information content (AvgIpc) is 3.64. The van der Waals surface area contributed by atoms with Crippen LogP contribution < -0.4 is 5.32 Å². The second kappa shape index (κ2) is 14.0. The van der Waals surface area contributed by atoms with Crippen LogP contribution in [-0.4, -0.2) is 26.7 Å². The number of hydrogen-bond donors (Lipinski definition) is 2. The van der Waals surface area contributed by atoms with Gasteiger partial charge in [-0.2, -0.15) is 0 Å². The van der Waals surface area contributed by atoms with Crippen LogP contribution in [-0.2, 0) is 22.3 Å². The molecule has 2 N–H and O–H groups in total. The lowest BCUT2D eigenvalue weighted by Crippen LogP contribution is -2.53. The van der Waals surface area contributed by atoms with Crippen LogP contribution in [0.4, 0.5) is 0 Å². The molecule has 1 aromatic heterocycles. The summed E-state index contributed by atoms with van der Waals surface area (Å²) >= 11 is 0. The van der Waals surface area contributed by atoms with Crippen molar-refractivity contribution in [2.75, 3.05) is 0 Å². The zero-order valence-electron chi connectivity index (χ0n) is 27.0. The van der Waals surface area contributed by atoms with Crippen molar-refractivity contribution in [2.24, 2.45) is 0 Å². The number of imidazole rings is 1. The molecule has 0 radical (unpaired) electrons. The van der Waals surface area contributed by atoms with Crippen LogP contribution in [0.3, 0.4) is 0 Å². The maximum Gasteiger partial charge on any atom is 0.321 e. The molecule has 0 saturated heterocycles. The van der Waals surface area contributed by atoms with Gasteiger partial charge in [0.2, 0.25) is 0 Å². The summed E-state index contributed by atoms with van der Waals surface area (Å²) in [5.74, 6) is -0.956. The van der Waals surface area contributed by atoms with Gasteiger partial charge in [0, 0.05) is 12.6 Å². The second-order valence-electron chi connectivity index (χ2n) is 12.2. The molecule has 1 atom stereocenters. The Bertz CT molecular complexity index is 1890. The number of nitrogens with one attached hydrogen (secondary N) is 1. The number of carboxylic acids is 1. The Morgan fingerprint density at radius 2 is 0.878 bits per heavy atom. The number of rotatable bonds is 12. The number of hydrogen-bond acceptors (Lipinski definition) is 3. The van der Waals surface area contributed by atoms with Gasteiger partial charge >= 0.3 is 5.97 Å². The first-order chi connectivity index (χ1) is 24.1. The predicted octanol–water partition coefficient (Wildman–Crippen LogP) is 8.30. The van der Waals surface area contributed by atoms with E-state index in [4.69, 9.17) is 4.98 Å². The van der Waals surface area contributed by atoms with Crippen molar-refractivity contribution in [3.05, 3.63) is 234 Å². The molecule has 0 fully saturated rings. The minimum atomic E-state index is -0.983. The molecule has 240 valence electrons. The molecule has 0 spiro atoms. The summed E-state index contributed by atoms with van der Waals surface area (Å²) in [6, 6.07) is 60.4. The summed E-state index contributed by atoms with van der Waals surface area (Å²) in [5, 5.41) is 14.5. The van der Waals surface area contributed by atoms with E-state index in [-0.39, 0.29) is 6.42 Å². The van der Waals surface area contributed by atoms with Gasteiger partial charge in [-0.15, -0.1) is 0 Å². The Morgan fingerprint density at radius 3 is 1.20 bits per heavy atom. The van der Waals surface area contributed by atoms with Crippen LogP contribution >= 0.6 is 0 Å². The summed E-state index contributed by atoms with van der Waals surface area (Å²) in [7, 11) is 0. The molecule has 0 amide bonds. The summed E-state index contributed by atoms with van der Waals surface area (Å²) in [6.45, 7) is 0. The first kappa shape index (κ1) is 31.6. The molecule has 6 aromatic carbocycles. The van der Waals surface area contributed by atoms with E-state index in [1.807, 2.05) is 85.3 Å². The monoisotopic (exact) mass is 639 g/mol. The van der Waals surface area contributed by atoms with Crippen LogP contribution in [0.15, 0.2) is 195 Å². The molecule has 0 aliphatic heterocycles. The molecule has 0 saturated carbocycles. The van der Waals surface area contributed by atoms with Crippen LogP contribution in [0.2, 0.25) is 0 Å². The number of aliphatic carboxylic acids is 1. The maximum atomic E-state index is 13.2. The summed E-state index contributed by atoms with van der Waals surface area (Å²) in [6.07, 6.45) is 3.99. The van der Waals surface area contributed by atoms with Gasteiger partial charge in [-0.25, -0.2) is 4.98 Å². The summed E-state index contributed by atoms with van der Waals surface area (Å²) in [4.78, 5) is 18.1. The lowest BCUT2D eigenvalue weighted by atomic mass is 9.76. The second-order valence-corrected chi connectivity index (χ2v) is 12.2. The molecule has 5 nitrogen and oxygen atoms in total. The molecule has 1 heterocycles. The normalized spacial score (nSPS) is 12.3. The Hall–Kier alpha value is -6.04. The van der Waals surface area contributed by atoms with E-state index in [1.54, 1.807) is 0 Å². The van der Waals surface area contributed by atoms with E-state index in [1.165, 1.54) is 0 Å². The molecule has 0 aliphatic carbocycles. The van der Waals surface area contributed by atoms with Crippen molar-refractivity contribution in [3.63, 3.8) is 0 Å². The van der Waals surface area contributed by atoms with Crippen LogP contribution in [0.1, 0.15) is 39.1 Å². The Balaban J connectivity index is 1.35. The fraction of sp³-hybridized carbons (Fsp3) is 0.0909. The number of benzene rings is 6. The van der Waals surface area contributed by atoms with Gasteiger partial charge in [-0.1, -0.05) is 182 Å². The SMILES string of the molecule is O=C(O)[C@H](Cc1cn(C(c2ccccc2)(c2ccccc2)c2ccccc2)cn1)NC(c1ccccc1)(c1ccccc1)c1ccccc1. The van der Waals surface area contributed by atoms with Crippen molar-refractivity contribution in [1.82, 2.24) is 14.9 Å². The van der Waals surface area contributed by atoms with Gasteiger partial charge < -0.3 is 9.67 Å². The quantitative estimate of drug-likeness (QED) is 0.132. The molecule has 0 aliphatic rings. The van der Waals surface area contributed by atoms with Gasteiger partial charge in [0.25, 0.3) is 0 Å². The van der Waals surface area contributed by atoms with Crippen molar-refractivity contribution in [1.29, 1.82) is 0 Å². The minimum absolute atomic E-state index is 0.158. The Morgan fingerprint density at radius 1 is 0.551 bits per heavy atom. The first-order valence-electron chi connectivity index (χ1n) is 16.5. The van der Waals surface area contributed by atoms with E-state index in [9.17, 15) is 9.90 Å². The highest BCUT2D eigenvalue weighted by Crippen LogP contribution is 2.41. The third kappa shape index (κ3) is 5.97. The van der Waals surface area contributed by atoms with Crippen molar-refractivity contribution in [2.45, 2.75) is 23.5 Å². The molecule has 0 unspecified atom stereocenters. The first-order valence-corrected chi connectivity index (χ1v) is 16.5. The van der Waals surface area contributed by atoms with Gasteiger partial charge in [0.05, 0.1) is 17.6 Å². The maximum absolute atomic E-state index is 13.2. The van der Waals surface area contributed by atoms with E-state index in [0.717, 1.165) is 33.4 Å². The van der Waals surface area contributed by atoms with Crippen molar-refractivity contribution in [3.8, 4) is 0 Å². The highest BCUT2D eigenvalue weighted by Gasteiger charge is 2.41. The van der Waals surface area contributed by atoms with Crippen LogP contribution in [0.5, 0.6) is 0 Å². The van der Waals surface area contributed by atoms with E-state index >= 15 is 0 Å². The number of aromatic nitrogens is 2. The number of carbonyl (C=O) groups is 1. The van der Waals surface area contributed by atoms with Gasteiger partial charge in [-0.05, 0) is 33.4 Å².